The van der Waals surface area contributed by atoms with Gasteiger partial charge in [-0.3, -0.25) is 4.79 Å². The van der Waals surface area contributed by atoms with Gasteiger partial charge in [0.05, 0.1) is 14.2 Å². The van der Waals surface area contributed by atoms with Crippen molar-refractivity contribution in [3.05, 3.63) is 17.8 Å². The monoisotopic (exact) mass is 212 g/mol. The Morgan fingerprint density at radius 2 is 2.20 bits per heavy atom. The number of methoxy groups -OCH3 is 2. The Morgan fingerprint density at radius 1 is 1.53 bits per heavy atom. The highest BCUT2D eigenvalue weighted by atomic mass is 16.5. The number of nitrogens with zero attached hydrogens (tertiary/aromatic N) is 1. The topological polar surface area (TPSA) is 94.7 Å². The second-order valence-electron chi connectivity index (χ2n) is 2.78. The second-order valence-corrected chi connectivity index (χ2v) is 2.78. The highest BCUT2D eigenvalue weighted by Gasteiger charge is 2.19. The van der Waals surface area contributed by atoms with Gasteiger partial charge in [-0.1, -0.05) is 0 Å². The van der Waals surface area contributed by atoms with Crippen LogP contribution >= 0.6 is 0 Å². The Labute approximate surface area is 86.6 Å². The molecule has 15 heavy (non-hydrogen) atoms. The molecule has 3 N–H and O–H groups in total. The molecule has 6 heteroatoms. The van der Waals surface area contributed by atoms with E-state index in [-0.39, 0.29) is 0 Å². The molecule has 1 aromatic rings. The van der Waals surface area contributed by atoms with Crippen LogP contribution in [-0.2, 0) is 4.79 Å². The molecule has 1 rings (SSSR count). The lowest BCUT2D eigenvalue weighted by Crippen LogP contribution is -2.21. The molecule has 1 atom stereocenters. The van der Waals surface area contributed by atoms with Crippen LogP contribution in [0.25, 0.3) is 0 Å². The number of carboxylic acid groups (broad SMARTS) is 1. The average molecular weight is 212 g/mol. The minimum Gasteiger partial charge on any atom is -0.496 e. The van der Waals surface area contributed by atoms with Crippen molar-refractivity contribution in [2.24, 2.45) is 5.73 Å². The fourth-order valence-electron chi connectivity index (χ4n) is 1.08. The molecule has 0 fully saturated rings. The van der Waals surface area contributed by atoms with Crippen molar-refractivity contribution in [3.8, 4) is 11.6 Å². The van der Waals surface area contributed by atoms with Crippen molar-refractivity contribution in [2.75, 3.05) is 14.2 Å². The van der Waals surface area contributed by atoms with Crippen molar-refractivity contribution in [3.63, 3.8) is 0 Å². The molecule has 0 spiro atoms. The Morgan fingerprint density at radius 3 is 2.67 bits per heavy atom. The van der Waals surface area contributed by atoms with E-state index in [9.17, 15) is 4.79 Å². The summed E-state index contributed by atoms with van der Waals surface area (Å²) in [5.74, 6) is -0.454. The highest BCUT2D eigenvalue weighted by Crippen LogP contribution is 2.26. The number of aromatic nitrogens is 1. The molecule has 0 amide bonds. The van der Waals surface area contributed by atoms with E-state index in [1.54, 1.807) is 0 Å². The summed E-state index contributed by atoms with van der Waals surface area (Å²) in [6, 6.07) is 0.330. The Hall–Kier alpha value is -1.82. The number of hydrogen-bond donors (Lipinski definition) is 2. The number of carbonyl (C=O) groups is 1. The summed E-state index contributed by atoms with van der Waals surface area (Å²) in [5, 5.41) is 8.74. The first-order chi connectivity index (χ1) is 7.10. The maximum Gasteiger partial charge on any atom is 0.325 e. The third-order valence-electron chi connectivity index (χ3n) is 1.90. The van der Waals surface area contributed by atoms with Crippen LogP contribution in [0, 0.1) is 0 Å². The zero-order chi connectivity index (χ0) is 11.4. The average Bonchev–Trinajstić information content (AvgIpc) is 2.27. The van der Waals surface area contributed by atoms with Crippen molar-refractivity contribution >= 4 is 5.97 Å². The van der Waals surface area contributed by atoms with Gasteiger partial charge in [0.1, 0.15) is 11.8 Å². The Kier molecular flexibility index (Phi) is 3.46. The van der Waals surface area contributed by atoms with E-state index in [4.69, 9.17) is 20.3 Å². The first kappa shape index (κ1) is 11.3. The van der Waals surface area contributed by atoms with Gasteiger partial charge in [-0.15, -0.1) is 0 Å². The van der Waals surface area contributed by atoms with Gasteiger partial charge in [0, 0.05) is 17.8 Å². The molecule has 0 aliphatic carbocycles. The number of pyridine rings is 1. The van der Waals surface area contributed by atoms with Crippen molar-refractivity contribution in [1.82, 2.24) is 4.98 Å². The summed E-state index contributed by atoms with van der Waals surface area (Å²) in [4.78, 5) is 14.5. The van der Waals surface area contributed by atoms with Crippen LogP contribution in [0.3, 0.4) is 0 Å². The second kappa shape index (κ2) is 4.61. The van der Waals surface area contributed by atoms with Crippen molar-refractivity contribution in [2.45, 2.75) is 6.04 Å². The summed E-state index contributed by atoms with van der Waals surface area (Å²) in [6.07, 6.45) is 1.33. The van der Waals surface area contributed by atoms with Crippen LogP contribution in [0.15, 0.2) is 12.3 Å². The van der Waals surface area contributed by atoms with Crippen LogP contribution in [-0.4, -0.2) is 30.3 Å². The van der Waals surface area contributed by atoms with E-state index in [1.807, 2.05) is 0 Å². The summed E-state index contributed by atoms with van der Waals surface area (Å²) in [7, 11) is 2.88. The van der Waals surface area contributed by atoms with E-state index in [1.165, 1.54) is 26.5 Å². The highest BCUT2D eigenvalue weighted by molar-refractivity contribution is 5.76. The van der Waals surface area contributed by atoms with Gasteiger partial charge in [-0.05, 0) is 0 Å². The zero-order valence-electron chi connectivity index (χ0n) is 8.43. The van der Waals surface area contributed by atoms with Gasteiger partial charge in [0.2, 0.25) is 5.88 Å². The van der Waals surface area contributed by atoms with Gasteiger partial charge in [0.15, 0.2) is 0 Å². The predicted molar refractivity (Wildman–Crippen MR) is 51.9 cm³/mol. The predicted octanol–water partition coefficient (Wildman–Crippen LogP) is 0.183. The molecule has 0 saturated heterocycles. The summed E-state index contributed by atoms with van der Waals surface area (Å²) >= 11 is 0. The number of aliphatic carboxylic acids is 1. The molecule has 82 valence electrons. The van der Waals surface area contributed by atoms with E-state index in [0.717, 1.165) is 0 Å². The fourth-order valence-corrected chi connectivity index (χ4v) is 1.08. The molecular weight excluding hydrogens is 200 g/mol. The van der Waals surface area contributed by atoms with Crippen molar-refractivity contribution < 1.29 is 19.4 Å². The smallest absolute Gasteiger partial charge is 0.325 e. The molecule has 1 heterocycles. The number of carboxylic acids is 1. The SMILES string of the molecule is COc1cc(OC)c(C(N)C(=O)O)cn1. The minimum atomic E-state index is -1.15. The number of nitrogens with two attached hydrogens (primary N) is 1. The van der Waals surface area contributed by atoms with Crippen LogP contribution in [0.5, 0.6) is 11.6 Å². The lowest BCUT2D eigenvalue weighted by atomic mass is 10.1. The summed E-state index contributed by atoms with van der Waals surface area (Å²) in [5.41, 5.74) is 5.76. The number of hydrogen-bond acceptors (Lipinski definition) is 5. The third kappa shape index (κ3) is 2.35. The fraction of sp³-hybridized carbons (Fsp3) is 0.333. The minimum absolute atomic E-state index is 0.311. The molecule has 1 unspecified atom stereocenters. The molecule has 0 radical (unpaired) electrons. The lowest BCUT2D eigenvalue weighted by molar-refractivity contribution is -0.138. The molecule has 0 aliphatic rings. The normalized spacial score (nSPS) is 11.9. The van der Waals surface area contributed by atoms with Gasteiger partial charge in [-0.2, -0.15) is 0 Å². The lowest BCUT2D eigenvalue weighted by Gasteiger charge is -2.12. The molecule has 0 aliphatic heterocycles. The molecule has 6 nitrogen and oxygen atoms in total. The standard InChI is InChI=1S/C9H12N2O4/c1-14-6-3-7(15-2)11-4-5(6)8(10)9(12)13/h3-4,8H,10H2,1-2H3,(H,12,13). The van der Waals surface area contributed by atoms with E-state index >= 15 is 0 Å². The first-order valence-electron chi connectivity index (χ1n) is 4.16. The first-order valence-corrected chi connectivity index (χ1v) is 4.16. The maximum atomic E-state index is 10.7. The Bertz CT molecular complexity index is 367. The molecule has 0 aromatic carbocycles. The van der Waals surface area contributed by atoms with Crippen LogP contribution < -0.4 is 15.2 Å². The summed E-state index contributed by atoms with van der Waals surface area (Å²) < 4.78 is 9.87. The van der Waals surface area contributed by atoms with E-state index < -0.39 is 12.0 Å². The van der Waals surface area contributed by atoms with Crippen LogP contribution in [0.2, 0.25) is 0 Å². The molecule has 1 aromatic heterocycles. The number of ether oxygens (including phenoxy) is 2. The maximum absolute atomic E-state index is 10.7. The molecule has 0 saturated carbocycles. The van der Waals surface area contributed by atoms with Crippen LogP contribution in [0.4, 0.5) is 0 Å². The summed E-state index contributed by atoms with van der Waals surface area (Å²) in [6.45, 7) is 0. The quantitative estimate of drug-likeness (QED) is 0.739. The van der Waals surface area contributed by atoms with Crippen molar-refractivity contribution in [1.29, 1.82) is 0 Å². The largest absolute Gasteiger partial charge is 0.496 e. The van der Waals surface area contributed by atoms with Gasteiger partial charge < -0.3 is 20.3 Å². The number of rotatable bonds is 4. The molecular formula is C9H12N2O4. The third-order valence-corrected chi connectivity index (χ3v) is 1.90. The Balaban J connectivity index is 3.12. The van der Waals surface area contributed by atoms with Gasteiger partial charge in [-0.25, -0.2) is 4.98 Å². The van der Waals surface area contributed by atoms with Crippen LogP contribution in [0.1, 0.15) is 11.6 Å². The van der Waals surface area contributed by atoms with E-state index in [2.05, 4.69) is 4.98 Å². The van der Waals surface area contributed by atoms with E-state index in [0.29, 0.717) is 17.2 Å². The zero-order valence-corrected chi connectivity index (χ0v) is 8.43. The van der Waals surface area contributed by atoms with Gasteiger partial charge >= 0.3 is 5.97 Å². The van der Waals surface area contributed by atoms with Gasteiger partial charge in [0.25, 0.3) is 0 Å². The molecule has 0 bridgehead atoms.